The third-order valence-corrected chi connectivity index (χ3v) is 4.23. The van der Waals surface area contributed by atoms with Crippen molar-refractivity contribution in [2.45, 2.75) is 45.6 Å². The maximum absolute atomic E-state index is 6.04. The molecule has 0 saturated heterocycles. The van der Waals surface area contributed by atoms with E-state index in [1.807, 2.05) is 0 Å². The van der Waals surface area contributed by atoms with Crippen LogP contribution in [-0.4, -0.2) is 12.7 Å². The van der Waals surface area contributed by atoms with Crippen molar-refractivity contribution < 1.29 is 4.74 Å². The highest BCUT2D eigenvalue weighted by molar-refractivity contribution is 5.38. The SMILES string of the molecule is CC(C)COC(C)CC(C)(c1ccccc1)c1ccccc1. The summed E-state index contributed by atoms with van der Waals surface area (Å²) in [6.45, 7) is 9.72. The Kier molecular flexibility index (Phi) is 5.79. The second-order valence-corrected chi connectivity index (χ2v) is 6.81. The molecule has 2 aromatic carbocycles. The van der Waals surface area contributed by atoms with Crippen LogP contribution in [0.2, 0.25) is 0 Å². The zero-order chi connectivity index (χ0) is 16.0. The Morgan fingerprint density at radius 1 is 0.818 bits per heavy atom. The van der Waals surface area contributed by atoms with Gasteiger partial charge in [-0.05, 0) is 30.4 Å². The molecule has 0 spiro atoms. The fourth-order valence-corrected chi connectivity index (χ4v) is 3.00. The van der Waals surface area contributed by atoms with Crippen molar-refractivity contribution in [3.63, 3.8) is 0 Å². The van der Waals surface area contributed by atoms with Gasteiger partial charge in [-0.3, -0.25) is 0 Å². The summed E-state index contributed by atoms with van der Waals surface area (Å²) in [6, 6.07) is 21.5. The van der Waals surface area contributed by atoms with Gasteiger partial charge >= 0.3 is 0 Å². The van der Waals surface area contributed by atoms with Crippen LogP contribution in [0.3, 0.4) is 0 Å². The lowest BCUT2D eigenvalue weighted by Crippen LogP contribution is -2.30. The Balaban J connectivity index is 2.27. The first-order valence-electron chi connectivity index (χ1n) is 8.25. The monoisotopic (exact) mass is 296 g/mol. The normalized spacial score (nSPS) is 13.3. The van der Waals surface area contributed by atoms with E-state index >= 15 is 0 Å². The van der Waals surface area contributed by atoms with Gasteiger partial charge in [-0.15, -0.1) is 0 Å². The molecule has 0 heterocycles. The van der Waals surface area contributed by atoms with E-state index in [1.54, 1.807) is 0 Å². The van der Waals surface area contributed by atoms with E-state index in [4.69, 9.17) is 4.74 Å². The van der Waals surface area contributed by atoms with Crippen LogP contribution >= 0.6 is 0 Å². The van der Waals surface area contributed by atoms with Gasteiger partial charge < -0.3 is 4.74 Å². The summed E-state index contributed by atoms with van der Waals surface area (Å²) in [4.78, 5) is 0. The molecule has 0 aliphatic carbocycles. The first kappa shape index (κ1) is 16.8. The van der Waals surface area contributed by atoms with Crippen molar-refractivity contribution in [2.75, 3.05) is 6.61 Å². The fourth-order valence-electron chi connectivity index (χ4n) is 3.00. The minimum absolute atomic E-state index is 0.0289. The number of hydrogen-bond donors (Lipinski definition) is 0. The highest BCUT2D eigenvalue weighted by Gasteiger charge is 2.30. The van der Waals surface area contributed by atoms with Crippen molar-refractivity contribution >= 4 is 0 Å². The molecule has 0 aromatic heterocycles. The highest BCUT2D eigenvalue weighted by Crippen LogP contribution is 2.36. The molecule has 1 heteroatoms. The Labute approximate surface area is 135 Å². The molecule has 0 N–H and O–H groups in total. The molecule has 0 bridgehead atoms. The molecule has 1 atom stereocenters. The third-order valence-electron chi connectivity index (χ3n) is 4.23. The smallest absolute Gasteiger partial charge is 0.0558 e. The second-order valence-electron chi connectivity index (χ2n) is 6.81. The Hall–Kier alpha value is -1.60. The molecule has 2 rings (SSSR count). The summed E-state index contributed by atoms with van der Waals surface area (Å²) in [7, 11) is 0. The van der Waals surface area contributed by atoms with Crippen LogP contribution in [0.15, 0.2) is 60.7 Å². The molecule has 0 amide bonds. The summed E-state index contributed by atoms with van der Waals surface area (Å²) in [5, 5.41) is 0. The molecule has 2 aromatic rings. The molecule has 22 heavy (non-hydrogen) atoms. The van der Waals surface area contributed by atoms with E-state index < -0.39 is 0 Å². The second kappa shape index (κ2) is 7.60. The van der Waals surface area contributed by atoms with Crippen molar-refractivity contribution in [3.05, 3.63) is 71.8 Å². The van der Waals surface area contributed by atoms with Crippen molar-refractivity contribution in [3.8, 4) is 0 Å². The largest absolute Gasteiger partial charge is 0.378 e. The Morgan fingerprint density at radius 2 is 1.27 bits per heavy atom. The van der Waals surface area contributed by atoms with Crippen LogP contribution in [0, 0.1) is 5.92 Å². The number of benzene rings is 2. The molecule has 118 valence electrons. The van der Waals surface area contributed by atoms with Crippen LogP contribution < -0.4 is 0 Å². The van der Waals surface area contributed by atoms with Gasteiger partial charge in [0.05, 0.1) is 6.10 Å². The van der Waals surface area contributed by atoms with Gasteiger partial charge in [0, 0.05) is 12.0 Å². The average Bonchev–Trinajstić information content (AvgIpc) is 2.54. The summed E-state index contributed by atoms with van der Waals surface area (Å²) < 4.78 is 6.04. The van der Waals surface area contributed by atoms with Crippen LogP contribution in [0.4, 0.5) is 0 Å². The summed E-state index contributed by atoms with van der Waals surface area (Å²) >= 11 is 0. The molecule has 0 saturated carbocycles. The van der Waals surface area contributed by atoms with Crippen LogP contribution in [-0.2, 0) is 10.2 Å². The zero-order valence-corrected chi connectivity index (χ0v) is 14.3. The molecule has 0 aliphatic heterocycles. The third kappa shape index (κ3) is 4.20. The minimum Gasteiger partial charge on any atom is -0.378 e. The maximum atomic E-state index is 6.04. The van der Waals surface area contributed by atoms with Gasteiger partial charge in [-0.2, -0.15) is 0 Å². The molecule has 0 fully saturated rings. The molecule has 0 radical (unpaired) electrons. The van der Waals surface area contributed by atoms with Crippen molar-refractivity contribution in [1.82, 2.24) is 0 Å². The van der Waals surface area contributed by atoms with E-state index in [0.29, 0.717) is 5.92 Å². The van der Waals surface area contributed by atoms with Crippen molar-refractivity contribution in [1.29, 1.82) is 0 Å². The lowest BCUT2D eigenvalue weighted by atomic mass is 9.72. The van der Waals surface area contributed by atoms with Gasteiger partial charge in [0.1, 0.15) is 0 Å². The molecular weight excluding hydrogens is 268 g/mol. The number of rotatable bonds is 7. The van der Waals surface area contributed by atoms with Gasteiger partial charge in [0.15, 0.2) is 0 Å². The van der Waals surface area contributed by atoms with E-state index in [2.05, 4.69) is 88.4 Å². The minimum atomic E-state index is -0.0289. The lowest BCUT2D eigenvalue weighted by Gasteiger charge is -2.34. The zero-order valence-electron chi connectivity index (χ0n) is 14.3. The molecule has 1 nitrogen and oxygen atoms in total. The van der Waals surface area contributed by atoms with Crippen LogP contribution in [0.5, 0.6) is 0 Å². The van der Waals surface area contributed by atoms with Crippen LogP contribution in [0.1, 0.15) is 45.2 Å². The standard InChI is InChI=1S/C21H28O/c1-17(2)16-22-18(3)15-21(4,19-11-7-5-8-12-19)20-13-9-6-10-14-20/h5-14,17-18H,15-16H2,1-4H3. The van der Waals surface area contributed by atoms with E-state index in [0.717, 1.165) is 13.0 Å². The predicted octanol–water partition coefficient (Wildman–Crippen LogP) is 5.44. The first-order chi connectivity index (χ1) is 10.5. The molecule has 0 aliphatic rings. The molecule has 1 unspecified atom stereocenters. The van der Waals surface area contributed by atoms with Gasteiger partial charge in [-0.1, -0.05) is 81.4 Å². The highest BCUT2D eigenvalue weighted by atomic mass is 16.5. The average molecular weight is 296 g/mol. The molecular formula is C21H28O. The summed E-state index contributed by atoms with van der Waals surface area (Å²) in [5.41, 5.74) is 2.67. The van der Waals surface area contributed by atoms with E-state index in [1.165, 1.54) is 11.1 Å². The summed E-state index contributed by atoms with van der Waals surface area (Å²) in [5.74, 6) is 0.571. The van der Waals surface area contributed by atoms with E-state index in [-0.39, 0.29) is 11.5 Å². The lowest BCUT2D eigenvalue weighted by molar-refractivity contribution is 0.0328. The van der Waals surface area contributed by atoms with E-state index in [9.17, 15) is 0 Å². The van der Waals surface area contributed by atoms with Gasteiger partial charge in [-0.25, -0.2) is 0 Å². The Bertz CT molecular complexity index is 505. The number of ether oxygens (including phenoxy) is 1. The maximum Gasteiger partial charge on any atom is 0.0558 e. The first-order valence-corrected chi connectivity index (χ1v) is 8.25. The topological polar surface area (TPSA) is 9.23 Å². The fraction of sp³-hybridized carbons (Fsp3) is 0.429. The van der Waals surface area contributed by atoms with Gasteiger partial charge in [0.25, 0.3) is 0 Å². The summed E-state index contributed by atoms with van der Waals surface area (Å²) in [6.07, 6.45) is 1.21. The van der Waals surface area contributed by atoms with Crippen molar-refractivity contribution in [2.24, 2.45) is 5.92 Å². The van der Waals surface area contributed by atoms with Crippen LogP contribution in [0.25, 0.3) is 0 Å². The quantitative estimate of drug-likeness (QED) is 0.660. The predicted molar refractivity (Wildman–Crippen MR) is 94.2 cm³/mol. The van der Waals surface area contributed by atoms with Gasteiger partial charge in [0.2, 0.25) is 0 Å². The number of hydrogen-bond acceptors (Lipinski definition) is 1. The Morgan fingerprint density at radius 3 is 1.68 bits per heavy atom.